The summed E-state index contributed by atoms with van der Waals surface area (Å²) in [5, 5.41) is 12.8. The molecule has 0 atom stereocenters. The number of aromatic nitrogens is 2. The maximum absolute atomic E-state index is 12.5. The Bertz CT molecular complexity index is 945. The van der Waals surface area contributed by atoms with E-state index in [0.29, 0.717) is 45.1 Å². The average molecular weight is 414 g/mol. The van der Waals surface area contributed by atoms with Crippen molar-refractivity contribution >= 4 is 23.4 Å². The van der Waals surface area contributed by atoms with Crippen molar-refractivity contribution in [1.82, 2.24) is 9.97 Å². The monoisotopic (exact) mass is 414 g/mol. The Labute approximate surface area is 173 Å². The van der Waals surface area contributed by atoms with E-state index in [0.717, 1.165) is 18.7 Å². The van der Waals surface area contributed by atoms with Crippen molar-refractivity contribution in [2.24, 2.45) is 0 Å². The zero-order chi connectivity index (χ0) is 21.0. The maximum Gasteiger partial charge on any atom is 0.234 e. The zero-order valence-corrected chi connectivity index (χ0v) is 17.6. The summed E-state index contributed by atoms with van der Waals surface area (Å²) >= 11 is 1.23. The second kappa shape index (κ2) is 9.01. The Balaban J connectivity index is 1.73. The number of amides is 1. The molecule has 8 nitrogen and oxygen atoms in total. The van der Waals surface area contributed by atoms with Crippen molar-refractivity contribution in [3.63, 3.8) is 0 Å². The predicted octanol–water partition coefficient (Wildman–Crippen LogP) is 3.29. The smallest absolute Gasteiger partial charge is 0.234 e. The number of carbonyl (C=O) groups excluding carboxylic acids is 1. The Morgan fingerprint density at radius 3 is 2.38 bits per heavy atom. The first-order valence-electron chi connectivity index (χ1n) is 9.02. The van der Waals surface area contributed by atoms with Crippen LogP contribution in [0.4, 0.5) is 5.69 Å². The van der Waals surface area contributed by atoms with Gasteiger partial charge in [-0.1, -0.05) is 11.8 Å². The summed E-state index contributed by atoms with van der Waals surface area (Å²) in [6.07, 6.45) is 2.13. The molecular weight excluding hydrogens is 392 g/mol. The van der Waals surface area contributed by atoms with Crippen molar-refractivity contribution in [2.45, 2.75) is 30.7 Å². The third kappa shape index (κ3) is 4.71. The van der Waals surface area contributed by atoms with E-state index in [1.54, 1.807) is 19.1 Å². The zero-order valence-electron chi connectivity index (χ0n) is 16.7. The highest BCUT2D eigenvalue weighted by Gasteiger charge is 2.28. The largest absolute Gasteiger partial charge is 0.493 e. The number of methoxy groups -OCH3 is 3. The van der Waals surface area contributed by atoms with Crippen molar-refractivity contribution in [2.75, 3.05) is 32.4 Å². The molecule has 9 heteroatoms. The molecule has 0 spiro atoms. The number of nitrogens with zero attached hydrogens (tertiary/aromatic N) is 3. The van der Waals surface area contributed by atoms with Gasteiger partial charge >= 0.3 is 0 Å². The molecule has 1 heterocycles. The van der Waals surface area contributed by atoms with Crippen LogP contribution in [-0.2, 0) is 4.79 Å². The molecule has 29 heavy (non-hydrogen) atoms. The second-order valence-electron chi connectivity index (χ2n) is 6.48. The lowest BCUT2D eigenvalue weighted by Gasteiger charge is -2.14. The van der Waals surface area contributed by atoms with Crippen LogP contribution in [0.15, 0.2) is 17.2 Å². The Hall–Kier alpha value is -2.99. The van der Waals surface area contributed by atoms with Gasteiger partial charge < -0.3 is 19.5 Å². The van der Waals surface area contributed by atoms with Gasteiger partial charge in [0.15, 0.2) is 11.5 Å². The highest BCUT2D eigenvalue weighted by atomic mass is 32.2. The molecule has 1 saturated carbocycles. The van der Waals surface area contributed by atoms with Gasteiger partial charge in [0.1, 0.15) is 22.5 Å². The normalized spacial score (nSPS) is 12.8. The molecule has 1 N–H and O–H groups in total. The van der Waals surface area contributed by atoms with E-state index >= 15 is 0 Å². The van der Waals surface area contributed by atoms with Crippen LogP contribution in [0.3, 0.4) is 0 Å². The molecule has 3 rings (SSSR count). The van der Waals surface area contributed by atoms with Crippen LogP contribution < -0.4 is 19.5 Å². The molecule has 0 aliphatic heterocycles. The van der Waals surface area contributed by atoms with E-state index in [1.165, 1.54) is 33.1 Å². The maximum atomic E-state index is 12.5. The minimum atomic E-state index is -0.239. The number of nitriles is 1. The van der Waals surface area contributed by atoms with Gasteiger partial charge in [-0.3, -0.25) is 4.79 Å². The van der Waals surface area contributed by atoms with E-state index in [-0.39, 0.29) is 11.7 Å². The second-order valence-corrected chi connectivity index (χ2v) is 7.45. The van der Waals surface area contributed by atoms with Crippen LogP contribution in [0.2, 0.25) is 0 Å². The van der Waals surface area contributed by atoms with Gasteiger partial charge in [-0.15, -0.1) is 0 Å². The lowest BCUT2D eigenvalue weighted by atomic mass is 10.2. The summed E-state index contributed by atoms with van der Waals surface area (Å²) in [7, 11) is 4.54. The van der Waals surface area contributed by atoms with Crippen molar-refractivity contribution in [3.05, 3.63) is 29.2 Å². The van der Waals surface area contributed by atoms with E-state index in [1.807, 2.05) is 0 Å². The number of hydrogen-bond donors (Lipinski definition) is 1. The van der Waals surface area contributed by atoms with Gasteiger partial charge in [-0.2, -0.15) is 5.26 Å². The lowest BCUT2D eigenvalue weighted by Crippen LogP contribution is -2.15. The number of thioether (sulfide) groups is 1. The molecule has 0 saturated heterocycles. The van der Waals surface area contributed by atoms with Gasteiger partial charge in [0.05, 0.1) is 32.8 Å². The highest BCUT2D eigenvalue weighted by molar-refractivity contribution is 8.00. The minimum absolute atomic E-state index is 0.103. The molecule has 1 aliphatic rings. The molecular formula is C20H22N4O4S. The van der Waals surface area contributed by atoms with E-state index in [4.69, 9.17) is 14.2 Å². The number of rotatable bonds is 8. The van der Waals surface area contributed by atoms with Gasteiger partial charge in [0.2, 0.25) is 11.7 Å². The van der Waals surface area contributed by atoms with Gasteiger partial charge in [0, 0.05) is 23.7 Å². The molecule has 2 aromatic rings. The fourth-order valence-electron chi connectivity index (χ4n) is 2.81. The quantitative estimate of drug-likeness (QED) is 0.518. The lowest BCUT2D eigenvalue weighted by molar-refractivity contribution is -0.113. The summed E-state index contributed by atoms with van der Waals surface area (Å²) in [6, 6.07) is 5.46. The first-order valence-corrected chi connectivity index (χ1v) is 10.0. The SMILES string of the molecule is COc1cc(NC(=O)CSc2nc(C3CC3)nc(C)c2C#N)cc(OC)c1OC. The Morgan fingerprint density at radius 2 is 1.86 bits per heavy atom. The molecule has 152 valence electrons. The number of benzene rings is 1. The standard InChI is InChI=1S/C20H22N4O4S/c1-11-14(9-21)20(24-19(22-11)12-5-6-12)29-10-17(25)23-13-7-15(26-2)18(28-4)16(8-13)27-3/h7-8,12H,5-6,10H2,1-4H3,(H,23,25). The summed E-state index contributed by atoms with van der Waals surface area (Å²) in [6.45, 7) is 1.80. The van der Waals surface area contributed by atoms with Gasteiger partial charge in [-0.25, -0.2) is 9.97 Å². The molecule has 1 amide bonds. The average Bonchev–Trinajstić information content (AvgIpc) is 3.56. The third-order valence-corrected chi connectivity index (χ3v) is 5.39. The van der Waals surface area contributed by atoms with E-state index in [2.05, 4.69) is 21.4 Å². The predicted molar refractivity (Wildman–Crippen MR) is 109 cm³/mol. The topological polar surface area (TPSA) is 106 Å². The molecule has 0 unspecified atom stereocenters. The minimum Gasteiger partial charge on any atom is -0.493 e. The molecule has 1 fully saturated rings. The number of ether oxygens (including phenoxy) is 3. The summed E-state index contributed by atoms with van der Waals surface area (Å²) in [5.74, 6) is 2.33. The number of nitrogens with one attached hydrogen (secondary N) is 1. The first-order chi connectivity index (χ1) is 14.0. The number of anilines is 1. The third-order valence-electron chi connectivity index (χ3n) is 4.42. The summed E-state index contributed by atoms with van der Waals surface area (Å²) in [4.78, 5) is 21.4. The van der Waals surface area contributed by atoms with Crippen molar-refractivity contribution < 1.29 is 19.0 Å². The molecule has 1 aromatic carbocycles. The summed E-state index contributed by atoms with van der Waals surface area (Å²) in [5.41, 5.74) is 1.58. The number of hydrogen-bond acceptors (Lipinski definition) is 8. The highest BCUT2D eigenvalue weighted by Crippen LogP contribution is 2.40. The number of carbonyl (C=O) groups is 1. The molecule has 0 radical (unpaired) electrons. The fraction of sp³-hybridized carbons (Fsp3) is 0.400. The van der Waals surface area contributed by atoms with Crippen LogP contribution in [0.25, 0.3) is 0 Å². The van der Waals surface area contributed by atoms with E-state index in [9.17, 15) is 10.1 Å². The number of aryl methyl sites for hydroxylation is 1. The Kier molecular flexibility index (Phi) is 6.44. The molecule has 1 aliphatic carbocycles. The van der Waals surface area contributed by atoms with Gasteiger partial charge in [0.25, 0.3) is 0 Å². The molecule has 0 bridgehead atoms. The van der Waals surface area contributed by atoms with Crippen LogP contribution in [0.1, 0.15) is 35.8 Å². The van der Waals surface area contributed by atoms with Crippen LogP contribution >= 0.6 is 11.8 Å². The fourth-order valence-corrected chi connectivity index (χ4v) is 3.64. The van der Waals surface area contributed by atoms with Crippen LogP contribution in [-0.4, -0.2) is 43.0 Å². The first kappa shape index (κ1) is 20.7. The summed E-state index contributed by atoms with van der Waals surface area (Å²) < 4.78 is 15.9. The van der Waals surface area contributed by atoms with Crippen LogP contribution in [0.5, 0.6) is 17.2 Å². The van der Waals surface area contributed by atoms with Crippen LogP contribution in [0, 0.1) is 18.3 Å². The molecule has 1 aromatic heterocycles. The van der Waals surface area contributed by atoms with Gasteiger partial charge in [-0.05, 0) is 19.8 Å². The van der Waals surface area contributed by atoms with E-state index < -0.39 is 0 Å². The Morgan fingerprint density at radius 1 is 1.21 bits per heavy atom. The van der Waals surface area contributed by atoms with Crippen molar-refractivity contribution in [3.8, 4) is 23.3 Å². The van der Waals surface area contributed by atoms with Crippen molar-refractivity contribution in [1.29, 1.82) is 5.26 Å².